The van der Waals surface area contributed by atoms with Gasteiger partial charge >= 0.3 is 0 Å². The molecule has 0 heterocycles. The molecule has 0 unspecified atom stereocenters. The van der Waals surface area contributed by atoms with Crippen molar-refractivity contribution in [2.45, 2.75) is 6.92 Å². The van der Waals surface area contributed by atoms with Crippen LogP contribution in [0.1, 0.15) is 12.5 Å². The predicted octanol–water partition coefficient (Wildman–Crippen LogP) is 5.45. The van der Waals surface area contributed by atoms with Crippen molar-refractivity contribution in [3.8, 4) is 17.6 Å². The maximum absolute atomic E-state index is 12.4. The van der Waals surface area contributed by atoms with Crippen molar-refractivity contribution >= 4 is 51.9 Å². The summed E-state index contributed by atoms with van der Waals surface area (Å²) < 4.78 is 12.1. The van der Waals surface area contributed by atoms with Crippen molar-refractivity contribution in [1.29, 1.82) is 5.26 Å². The van der Waals surface area contributed by atoms with Crippen LogP contribution in [-0.2, 0) is 4.79 Å². The van der Waals surface area contributed by atoms with E-state index in [1.165, 1.54) is 6.08 Å². The third kappa shape index (κ3) is 6.01. The fraction of sp³-hybridized carbons (Fsp3) is 0.143. The topological polar surface area (TPSA) is 71.3 Å². The van der Waals surface area contributed by atoms with Crippen LogP contribution in [0.5, 0.6) is 11.5 Å². The molecular formula is C21H18ClIN2O3. The van der Waals surface area contributed by atoms with E-state index in [1.54, 1.807) is 36.4 Å². The zero-order valence-corrected chi connectivity index (χ0v) is 18.1. The third-order valence-corrected chi connectivity index (χ3v) is 4.51. The fourth-order valence-electron chi connectivity index (χ4n) is 2.26. The molecule has 0 spiro atoms. The summed E-state index contributed by atoms with van der Waals surface area (Å²) in [5.41, 5.74) is 1.17. The summed E-state index contributed by atoms with van der Waals surface area (Å²) in [5, 5.41) is 12.7. The monoisotopic (exact) mass is 508 g/mol. The average Bonchev–Trinajstić information content (AvgIpc) is 2.67. The quantitative estimate of drug-likeness (QED) is 0.223. The number of anilines is 1. The predicted molar refractivity (Wildman–Crippen MR) is 120 cm³/mol. The summed E-state index contributed by atoms with van der Waals surface area (Å²) in [4.78, 5) is 12.4. The van der Waals surface area contributed by atoms with Gasteiger partial charge in [0.25, 0.3) is 5.91 Å². The SMILES string of the molecule is C=CCOc1c(I)cc(/C=C(/C#N)C(=O)Nc2ccc(Cl)cc2)cc1OCC. The highest BCUT2D eigenvalue weighted by Gasteiger charge is 2.14. The van der Waals surface area contributed by atoms with Gasteiger partial charge in [0.15, 0.2) is 11.5 Å². The first-order valence-electron chi connectivity index (χ1n) is 8.37. The first kappa shape index (κ1) is 21.8. The van der Waals surface area contributed by atoms with E-state index in [4.69, 9.17) is 21.1 Å². The summed E-state index contributed by atoms with van der Waals surface area (Å²) in [5.74, 6) is 0.631. The van der Waals surface area contributed by atoms with E-state index in [9.17, 15) is 10.1 Å². The Morgan fingerprint density at radius 1 is 1.32 bits per heavy atom. The summed E-state index contributed by atoms with van der Waals surface area (Å²) in [6, 6.07) is 12.1. The smallest absolute Gasteiger partial charge is 0.266 e. The van der Waals surface area contributed by atoms with Crippen LogP contribution in [0.3, 0.4) is 0 Å². The lowest BCUT2D eigenvalue weighted by atomic mass is 10.1. The number of nitrogens with one attached hydrogen (secondary N) is 1. The molecule has 0 aliphatic heterocycles. The Morgan fingerprint density at radius 2 is 2.04 bits per heavy atom. The standard InChI is InChI=1S/C21H18ClIN2O3/c1-3-9-28-20-18(23)11-14(12-19(20)27-4-2)10-15(13-24)21(26)25-17-7-5-16(22)6-8-17/h3,5-8,10-12H,1,4,9H2,2H3,(H,25,26)/b15-10-. The highest BCUT2D eigenvalue weighted by molar-refractivity contribution is 14.1. The number of ether oxygens (including phenoxy) is 2. The fourth-order valence-corrected chi connectivity index (χ4v) is 3.17. The molecule has 0 saturated heterocycles. The zero-order chi connectivity index (χ0) is 20.5. The van der Waals surface area contributed by atoms with Crippen molar-refractivity contribution in [1.82, 2.24) is 0 Å². The number of hydrogen-bond donors (Lipinski definition) is 1. The Labute approximate surface area is 182 Å². The Hall–Kier alpha value is -2.50. The molecule has 0 aliphatic carbocycles. The van der Waals surface area contributed by atoms with E-state index in [2.05, 4.69) is 34.5 Å². The number of benzene rings is 2. The first-order chi connectivity index (χ1) is 13.5. The van der Waals surface area contributed by atoms with E-state index in [0.717, 1.165) is 3.57 Å². The molecule has 2 rings (SSSR count). The van der Waals surface area contributed by atoms with E-state index >= 15 is 0 Å². The van der Waals surface area contributed by atoms with Crippen LogP contribution in [0.15, 0.2) is 54.6 Å². The summed E-state index contributed by atoms with van der Waals surface area (Å²) >= 11 is 7.96. The largest absolute Gasteiger partial charge is 0.490 e. The van der Waals surface area contributed by atoms with Gasteiger partial charge in [-0.25, -0.2) is 0 Å². The van der Waals surface area contributed by atoms with Gasteiger partial charge in [-0.3, -0.25) is 4.79 Å². The van der Waals surface area contributed by atoms with Gasteiger partial charge in [-0.15, -0.1) is 0 Å². The number of halogens is 2. The van der Waals surface area contributed by atoms with Crippen molar-refractivity contribution in [2.24, 2.45) is 0 Å². The number of nitriles is 1. The molecule has 0 bridgehead atoms. The van der Waals surface area contributed by atoms with Crippen LogP contribution in [0.4, 0.5) is 5.69 Å². The molecule has 0 aliphatic rings. The van der Waals surface area contributed by atoms with E-state index in [0.29, 0.717) is 41.0 Å². The maximum Gasteiger partial charge on any atom is 0.266 e. The van der Waals surface area contributed by atoms with Crippen LogP contribution < -0.4 is 14.8 Å². The van der Waals surface area contributed by atoms with Crippen LogP contribution in [-0.4, -0.2) is 19.1 Å². The molecule has 1 N–H and O–H groups in total. The summed E-state index contributed by atoms with van der Waals surface area (Å²) in [7, 11) is 0. The van der Waals surface area contributed by atoms with Gasteiger partial charge in [-0.2, -0.15) is 5.26 Å². The molecule has 7 heteroatoms. The molecule has 144 valence electrons. The van der Waals surface area contributed by atoms with Crippen molar-refractivity contribution in [3.63, 3.8) is 0 Å². The number of amides is 1. The molecule has 2 aromatic carbocycles. The average molecular weight is 509 g/mol. The molecule has 0 atom stereocenters. The van der Waals surface area contributed by atoms with Gasteiger partial charge in [0.05, 0.1) is 10.2 Å². The molecule has 0 fully saturated rings. The Kier molecular flexibility index (Phi) is 8.36. The van der Waals surface area contributed by atoms with Crippen LogP contribution >= 0.6 is 34.2 Å². The van der Waals surface area contributed by atoms with E-state index in [1.807, 2.05) is 19.1 Å². The zero-order valence-electron chi connectivity index (χ0n) is 15.2. The van der Waals surface area contributed by atoms with E-state index in [-0.39, 0.29) is 5.57 Å². The van der Waals surface area contributed by atoms with Crippen molar-refractivity contribution < 1.29 is 14.3 Å². The minimum atomic E-state index is -0.509. The van der Waals surface area contributed by atoms with Crippen LogP contribution in [0.25, 0.3) is 6.08 Å². The molecule has 1 amide bonds. The summed E-state index contributed by atoms with van der Waals surface area (Å²) in [6.07, 6.45) is 3.15. The van der Waals surface area contributed by atoms with Gasteiger partial charge in [0.1, 0.15) is 18.2 Å². The lowest BCUT2D eigenvalue weighted by molar-refractivity contribution is -0.112. The van der Waals surface area contributed by atoms with Crippen LogP contribution in [0, 0.1) is 14.9 Å². The molecule has 5 nitrogen and oxygen atoms in total. The highest BCUT2D eigenvalue weighted by Crippen LogP contribution is 2.35. The van der Waals surface area contributed by atoms with Crippen molar-refractivity contribution in [2.75, 3.05) is 18.5 Å². The molecule has 0 aromatic heterocycles. The minimum Gasteiger partial charge on any atom is -0.490 e. The van der Waals surface area contributed by atoms with E-state index < -0.39 is 5.91 Å². The van der Waals surface area contributed by atoms with Gasteiger partial charge in [-0.05, 0) is 77.6 Å². The first-order valence-corrected chi connectivity index (χ1v) is 9.83. The Balaban J connectivity index is 2.31. The minimum absolute atomic E-state index is 0.0343. The van der Waals surface area contributed by atoms with Gasteiger partial charge in [0, 0.05) is 10.7 Å². The summed E-state index contributed by atoms with van der Waals surface area (Å²) in [6.45, 7) is 6.31. The third-order valence-electron chi connectivity index (χ3n) is 3.46. The number of hydrogen-bond acceptors (Lipinski definition) is 4. The molecule has 28 heavy (non-hydrogen) atoms. The second-order valence-corrected chi connectivity index (χ2v) is 7.09. The number of nitrogens with zero attached hydrogens (tertiary/aromatic N) is 1. The maximum atomic E-state index is 12.4. The second-order valence-electron chi connectivity index (χ2n) is 5.49. The molecular weight excluding hydrogens is 491 g/mol. The normalized spacial score (nSPS) is 10.7. The van der Waals surface area contributed by atoms with Crippen LogP contribution in [0.2, 0.25) is 5.02 Å². The number of rotatable bonds is 8. The molecule has 0 saturated carbocycles. The lowest BCUT2D eigenvalue weighted by Gasteiger charge is -2.14. The molecule has 2 aromatic rings. The highest BCUT2D eigenvalue weighted by atomic mass is 127. The van der Waals surface area contributed by atoms with Gasteiger partial charge in [-0.1, -0.05) is 24.3 Å². The molecule has 0 radical (unpaired) electrons. The van der Waals surface area contributed by atoms with Crippen molar-refractivity contribution in [3.05, 3.63) is 68.8 Å². The Morgan fingerprint density at radius 3 is 2.64 bits per heavy atom. The second kappa shape index (κ2) is 10.7. The van der Waals surface area contributed by atoms with Gasteiger partial charge in [0.2, 0.25) is 0 Å². The lowest BCUT2D eigenvalue weighted by Crippen LogP contribution is -2.13. The Bertz CT molecular complexity index is 934. The number of carbonyl (C=O) groups is 1. The number of carbonyl (C=O) groups excluding carboxylic acids is 1. The van der Waals surface area contributed by atoms with Gasteiger partial charge < -0.3 is 14.8 Å².